The molecular weight excluding hydrogens is 280 g/mol. The molecule has 2 unspecified atom stereocenters. The van der Waals surface area contributed by atoms with E-state index in [0.717, 1.165) is 5.69 Å². The highest BCUT2D eigenvalue weighted by atomic mass is 32.2. The molecule has 0 saturated carbocycles. The smallest absolute Gasteiger partial charge is 0.161 e. The molecule has 6 heteroatoms. The molecule has 2 aliphatic heterocycles. The van der Waals surface area contributed by atoms with Gasteiger partial charge in [-0.3, -0.25) is 5.41 Å². The molecule has 0 amide bonds. The number of fused-ring (bicyclic) bond motifs is 1. The summed E-state index contributed by atoms with van der Waals surface area (Å²) in [5.41, 5.74) is 3.31. The maximum absolute atomic E-state index is 11.7. The molecule has 2 aliphatic rings. The van der Waals surface area contributed by atoms with Crippen LogP contribution in [0.2, 0.25) is 0 Å². The zero-order chi connectivity index (χ0) is 13.8. The van der Waals surface area contributed by atoms with Gasteiger partial charge in [-0.05, 0) is 37.1 Å². The number of rotatable bonds is 1. The second-order valence-corrected chi connectivity index (χ2v) is 8.63. The monoisotopic (exact) mass is 296 g/mol. The minimum Gasteiger partial charge on any atom is -0.316 e. The molecule has 3 rings (SSSR count). The van der Waals surface area contributed by atoms with Crippen LogP contribution in [-0.2, 0) is 9.84 Å². The van der Waals surface area contributed by atoms with Crippen molar-refractivity contribution in [2.24, 2.45) is 0 Å². The first kappa shape index (κ1) is 13.0. The molecule has 2 atom stereocenters. The molecule has 1 aromatic carbocycles. The third kappa shape index (κ3) is 2.17. The Hall–Kier alpha value is -1.01. The van der Waals surface area contributed by atoms with E-state index in [4.69, 9.17) is 5.41 Å². The van der Waals surface area contributed by atoms with Crippen molar-refractivity contribution < 1.29 is 8.42 Å². The van der Waals surface area contributed by atoms with Crippen LogP contribution in [0.4, 0.5) is 5.69 Å². The number of anilines is 1. The lowest BCUT2D eigenvalue weighted by Gasteiger charge is -2.24. The van der Waals surface area contributed by atoms with E-state index >= 15 is 0 Å². The number of benzene rings is 1. The molecule has 2 fully saturated rings. The first-order chi connectivity index (χ1) is 8.87. The molecule has 1 N–H and O–H groups in total. The van der Waals surface area contributed by atoms with Crippen LogP contribution in [0.3, 0.4) is 0 Å². The van der Waals surface area contributed by atoms with Gasteiger partial charge in [0.05, 0.1) is 17.5 Å². The van der Waals surface area contributed by atoms with Crippen molar-refractivity contribution >= 4 is 32.5 Å². The molecule has 2 saturated heterocycles. The Morgan fingerprint density at radius 1 is 1.26 bits per heavy atom. The number of nitrogens with one attached hydrogen (secondary N) is 1. The third-order valence-electron chi connectivity index (χ3n) is 3.85. The predicted molar refractivity (Wildman–Crippen MR) is 79.9 cm³/mol. The standard InChI is InChI=1S/C13H16N2O2S2/c1-8-3-4-10(5-9(8)2)15-11-6-19(16,17)7-12(11)18-13(15)14/h3-5,11-12,14H,6-7H2,1-2H3. The van der Waals surface area contributed by atoms with Gasteiger partial charge in [-0.1, -0.05) is 17.8 Å². The number of sulfone groups is 1. The van der Waals surface area contributed by atoms with Crippen molar-refractivity contribution in [3.05, 3.63) is 29.3 Å². The van der Waals surface area contributed by atoms with Gasteiger partial charge in [0.2, 0.25) is 0 Å². The molecule has 19 heavy (non-hydrogen) atoms. The van der Waals surface area contributed by atoms with Crippen molar-refractivity contribution in [3.8, 4) is 0 Å². The van der Waals surface area contributed by atoms with E-state index < -0.39 is 9.84 Å². The third-order valence-corrected chi connectivity index (χ3v) is 6.99. The fourth-order valence-corrected chi connectivity index (χ4v) is 6.48. The molecule has 0 aliphatic carbocycles. The number of amidine groups is 1. The van der Waals surface area contributed by atoms with Crippen LogP contribution in [0.25, 0.3) is 0 Å². The lowest BCUT2D eigenvalue weighted by molar-refractivity contribution is 0.601. The molecule has 2 heterocycles. The molecule has 0 radical (unpaired) electrons. The van der Waals surface area contributed by atoms with Gasteiger partial charge in [-0.2, -0.15) is 0 Å². The van der Waals surface area contributed by atoms with Gasteiger partial charge in [-0.15, -0.1) is 0 Å². The summed E-state index contributed by atoms with van der Waals surface area (Å²) >= 11 is 1.38. The molecule has 0 spiro atoms. The topological polar surface area (TPSA) is 61.2 Å². The Bertz CT molecular complexity index is 655. The minimum atomic E-state index is -2.95. The molecule has 4 nitrogen and oxygen atoms in total. The summed E-state index contributed by atoms with van der Waals surface area (Å²) in [4.78, 5) is 1.88. The Morgan fingerprint density at radius 3 is 2.68 bits per heavy atom. The van der Waals surface area contributed by atoms with Crippen LogP contribution < -0.4 is 4.90 Å². The van der Waals surface area contributed by atoms with Gasteiger partial charge < -0.3 is 4.90 Å². The molecule has 102 valence electrons. The summed E-state index contributed by atoms with van der Waals surface area (Å²) in [6.07, 6.45) is 0. The van der Waals surface area contributed by atoms with Gasteiger partial charge in [0.25, 0.3) is 0 Å². The normalized spacial score (nSPS) is 28.7. The number of thioether (sulfide) groups is 1. The first-order valence-electron chi connectivity index (χ1n) is 6.19. The van der Waals surface area contributed by atoms with E-state index in [1.54, 1.807) is 0 Å². The summed E-state index contributed by atoms with van der Waals surface area (Å²) in [5, 5.41) is 8.57. The maximum atomic E-state index is 11.7. The summed E-state index contributed by atoms with van der Waals surface area (Å²) in [7, 11) is -2.95. The van der Waals surface area contributed by atoms with Crippen molar-refractivity contribution in [1.29, 1.82) is 5.41 Å². The van der Waals surface area contributed by atoms with Gasteiger partial charge in [0.15, 0.2) is 15.0 Å². The lowest BCUT2D eigenvalue weighted by atomic mass is 10.1. The number of nitrogens with zero attached hydrogens (tertiary/aromatic N) is 1. The molecule has 0 bridgehead atoms. The Morgan fingerprint density at radius 2 is 2.00 bits per heavy atom. The molecular formula is C13H16N2O2S2. The quantitative estimate of drug-likeness (QED) is 0.860. The Labute approximate surface area is 117 Å². The van der Waals surface area contributed by atoms with Crippen molar-refractivity contribution in [1.82, 2.24) is 0 Å². The second kappa shape index (κ2) is 4.24. The van der Waals surface area contributed by atoms with Crippen LogP contribution in [-0.4, -0.2) is 36.4 Å². The summed E-state index contributed by atoms with van der Waals surface area (Å²) in [5.74, 6) is 0.367. The molecule has 0 aromatic heterocycles. The lowest BCUT2D eigenvalue weighted by Crippen LogP contribution is -2.37. The highest BCUT2D eigenvalue weighted by molar-refractivity contribution is 8.15. The zero-order valence-electron chi connectivity index (χ0n) is 10.9. The van der Waals surface area contributed by atoms with Crippen LogP contribution in [0, 0.1) is 19.3 Å². The summed E-state index contributed by atoms with van der Waals surface area (Å²) in [6.45, 7) is 4.08. The first-order valence-corrected chi connectivity index (χ1v) is 8.89. The highest BCUT2D eigenvalue weighted by Crippen LogP contribution is 2.40. The fourth-order valence-electron chi connectivity index (χ4n) is 2.69. The van der Waals surface area contributed by atoms with E-state index in [1.165, 1.54) is 22.9 Å². The SMILES string of the molecule is Cc1ccc(N2C(=N)SC3CS(=O)(=O)CC32)cc1C. The van der Waals surface area contributed by atoms with Crippen LogP contribution in [0.1, 0.15) is 11.1 Å². The highest BCUT2D eigenvalue weighted by Gasteiger charge is 2.48. The van der Waals surface area contributed by atoms with Crippen LogP contribution in [0.5, 0.6) is 0 Å². The van der Waals surface area contributed by atoms with Crippen molar-refractivity contribution in [2.45, 2.75) is 25.1 Å². The van der Waals surface area contributed by atoms with E-state index in [-0.39, 0.29) is 22.8 Å². The van der Waals surface area contributed by atoms with E-state index in [2.05, 4.69) is 0 Å². The maximum Gasteiger partial charge on any atom is 0.161 e. The summed E-state index contributed by atoms with van der Waals surface area (Å²) < 4.78 is 23.5. The average molecular weight is 296 g/mol. The van der Waals surface area contributed by atoms with E-state index in [9.17, 15) is 8.42 Å². The van der Waals surface area contributed by atoms with E-state index in [1.807, 2.05) is 36.9 Å². The Balaban J connectivity index is 1.99. The average Bonchev–Trinajstić information content (AvgIpc) is 2.73. The number of aryl methyl sites for hydroxylation is 2. The molecule has 1 aromatic rings. The second-order valence-electron chi connectivity index (χ2n) is 5.24. The van der Waals surface area contributed by atoms with Crippen molar-refractivity contribution in [3.63, 3.8) is 0 Å². The fraction of sp³-hybridized carbons (Fsp3) is 0.462. The van der Waals surface area contributed by atoms with Gasteiger partial charge in [-0.25, -0.2) is 8.42 Å². The number of hydrogen-bond acceptors (Lipinski definition) is 4. The zero-order valence-corrected chi connectivity index (χ0v) is 12.5. The van der Waals surface area contributed by atoms with E-state index in [0.29, 0.717) is 5.17 Å². The van der Waals surface area contributed by atoms with Gasteiger partial charge in [0.1, 0.15) is 0 Å². The predicted octanol–water partition coefficient (Wildman–Crippen LogP) is 1.96. The van der Waals surface area contributed by atoms with Crippen LogP contribution in [0.15, 0.2) is 18.2 Å². The largest absolute Gasteiger partial charge is 0.316 e. The minimum absolute atomic E-state index is 0.0131. The number of hydrogen-bond donors (Lipinski definition) is 1. The van der Waals surface area contributed by atoms with Gasteiger partial charge >= 0.3 is 0 Å². The van der Waals surface area contributed by atoms with Crippen molar-refractivity contribution in [2.75, 3.05) is 16.4 Å². The van der Waals surface area contributed by atoms with Crippen LogP contribution >= 0.6 is 11.8 Å². The van der Waals surface area contributed by atoms with Gasteiger partial charge in [0, 0.05) is 10.9 Å². The Kier molecular flexibility index (Phi) is 2.90. The summed E-state index contributed by atoms with van der Waals surface area (Å²) in [6, 6.07) is 5.96.